The molecule has 0 amide bonds. The molecule has 0 aliphatic carbocycles. The van der Waals surface area contributed by atoms with Crippen LogP contribution < -0.4 is 0 Å². The molecule has 3 aliphatic heterocycles. The van der Waals surface area contributed by atoms with Gasteiger partial charge in [0.2, 0.25) is 0 Å². The van der Waals surface area contributed by atoms with Crippen molar-refractivity contribution in [2.75, 3.05) is 26.9 Å². The van der Waals surface area contributed by atoms with Crippen LogP contribution in [0.4, 0.5) is 5.69 Å². The van der Waals surface area contributed by atoms with Gasteiger partial charge in [-0.2, -0.15) is 0 Å². The number of carbonyl (C=O) groups excluding carboxylic acids is 1. The first kappa shape index (κ1) is 79.5. The first-order valence-electron chi connectivity index (χ1n) is 37.4. The van der Waals surface area contributed by atoms with E-state index in [1.165, 1.54) is 19.2 Å². The smallest absolute Gasteiger partial charge is 0.338 e. The Hall–Kier alpha value is -9.57. The number of nitro groups is 1. The molecule has 0 aromatic heterocycles. The van der Waals surface area contributed by atoms with Gasteiger partial charge in [0.15, 0.2) is 18.9 Å². The van der Waals surface area contributed by atoms with Crippen molar-refractivity contribution in [2.24, 2.45) is 0 Å². The Labute approximate surface area is 646 Å². The summed E-state index contributed by atoms with van der Waals surface area (Å²) in [6.07, 6.45) is -16.7. The Morgan fingerprint density at radius 2 is 0.604 bits per heavy atom. The second kappa shape index (κ2) is 41.6. The zero-order chi connectivity index (χ0) is 76.2. The van der Waals surface area contributed by atoms with Crippen LogP contribution in [0.15, 0.2) is 291 Å². The average molecular weight is 1510 g/mol. The SMILES string of the molecule is COC(=O)c1ccc(CO[C@H]2O[C@H](COC3O[C@H](CO[C@H]4O[C@H](COCc5ccccc5)[C@@H](OCc5ccccc5)[C@H](OCc5ccccc5)[C@@H]4O)[C@@H](OCc4ccccc4)[C@H](OCc4ccccc4)[C@@H]3OCc3ccccc3)[C@@H](OCc3ccccc3)[C@H](OCc3ccccc3)[C@@H]2OCc2ccccc2)c([N+](=O)[O-])c1. The number of esters is 1. The fraction of sp³-hybridized carbons (Fsp3) is 0.322. The highest BCUT2D eigenvalue weighted by atomic mass is 16.8. The third kappa shape index (κ3) is 22.8. The number of carbonyl (C=O) groups is 1. The molecule has 0 saturated carbocycles. The molecule has 10 aromatic rings. The molecule has 15 atom stereocenters. The number of nitro benzene ring substituents is 1. The Kier molecular flexibility index (Phi) is 29.8. The number of methoxy groups -OCH3 is 1. The van der Waals surface area contributed by atoms with Crippen LogP contribution in [0.3, 0.4) is 0 Å². The van der Waals surface area contributed by atoms with E-state index in [0.717, 1.165) is 56.1 Å². The summed E-state index contributed by atoms with van der Waals surface area (Å²) in [5.41, 5.74) is 7.53. The molecule has 1 N–H and O–H groups in total. The van der Waals surface area contributed by atoms with E-state index in [0.29, 0.717) is 0 Å². The van der Waals surface area contributed by atoms with E-state index in [-0.39, 0.29) is 96.1 Å². The maximum Gasteiger partial charge on any atom is 0.338 e. The Bertz CT molecular complexity index is 4340. The predicted octanol–water partition coefficient (Wildman–Crippen LogP) is 14.4. The van der Waals surface area contributed by atoms with E-state index in [4.69, 9.17) is 75.8 Å². The zero-order valence-electron chi connectivity index (χ0n) is 61.7. The van der Waals surface area contributed by atoms with Crippen molar-refractivity contribution >= 4 is 11.7 Å². The topological polar surface area (TPSA) is 228 Å². The summed E-state index contributed by atoms with van der Waals surface area (Å²) in [5, 5.41) is 25.8. The zero-order valence-corrected chi connectivity index (χ0v) is 61.7. The van der Waals surface area contributed by atoms with Crippen LogP contribution in [0.2, 0.25) is 0 Å². The van der Waals surface area contributed by atoms with Gasteiger partial charge in [-0.1, -0.05) is 273 Å². The molecule has 10 aromatic carbocycles. The van der Waals surface area contributed by atoms with Gasteiger partial charge >= 0.3 is 5.97 Å². The number of nitrogens with zero attached hydrogens (tertiary/aromatic N) is 1. The summed E-state index contributed by atoms with van der Waals surface area (Å²) in [4.78, 5) is 25.1. The number of aliphatic hydroxyl groups is 1. The summed E-state index contributed by atoms with van der Waals surface area (Å²) in [6, 6.07) is 91.4. The first-order chi connectivity index (χ1) is 54.7. The third-order valence-corrected chi connectivity index (χ3v) is 19.4. The lowest BCUT2D eigenvalue weighted by Crippen LogP contribution is -2.64. The van der Waals surface area contributed by atoms with Crippen LogP contribution in [0, 0.1) is 10.1 Å². The molecule has 3 aliphatic rings. The average Bonchev–Trinajstić information content (AvgIpc) is 0.778. The van der Waals surface area contributed by atoms with Crippen LogP contribution in [0.1, 0.15) is 66.0 Å². The van der Waals surface area contributed by atoms with Crippen molar-refractivity contribution in [1.29, 1.82) is 0 Å². The van der Waals surface area contributed by atoms with Crippen molar-refractivity contribution in [3.63, 3.8) is 0 Å². The highest BCUT2D eigenvalue weighted by Crippen LogP contribution is 2.38. The van der Waals surface area contributed by atoms with Gasteiger partial charge in [-0.3, -0.25) is 10.1 Å². The molecule has 21 nitrogen and oxygen atoms in total. The largest absolute Gasteiger partial charge is 0.465 e. The second-order valence-corrected chi connectivity index (χ2v) is 27.3. The van der Waals surface area contributed by atoms with E-state index in [1.807, 2.05) is 273 Å². The molecule has 13 rings (SSSR count). The molecule has 3 fully saturated rings. The van der Waals surface area contributed by atoms with E-state index in [9.17, 15) is 20.0 Å². The number of aliphatic hydroxyl groups excluding tert-OH is 1. The quantitative estimate of drug-likeness (QED) is 0.0214. The summed E-state index contributed by atoms with van der Waals surface area (Å²) in [6.45, 7) is 0.0635. The molecule has 0 radical (unpaired) electrons. The molecule has 1 unspecified atom stereocenters. The molecule has 3 heterocycles. The van der Waals surface area contributed by atoms with Gasteiger partial charge in [-0.25, -0.2) is 4.79 Å². The first-order valence-corrected chi connectivity index (χ1v) is 37.4. The van der Waals surface area contributed by atoms with Crippen LogP contribution >= 0.6 is 0 Å². The molecular weight excluding hydrogens is 1410 g/mol. The fourth-order valence-corrected chi connectivity index (χ4v) is 13.6. The minimum Gasteiger partial charge on any atom is -0.465 e. The van der Waals surface area contributed by atoms with Gasteiger partial charge in [0.1, 0.15) is 73.2 Å². The van der Waals surface area contributed by atoms with Gasteiger partial charge in [0.25, 0.3) is 5.69 Å². The Balaban J connectivity index is 0.880. The molecule has 578 valence electrons. The molecule has 21 heteroatoms. The van der Waals surface area contributed by atoms with E-state index < -0.39 is 110 Å². The molecule has 0 bridgehead atoms. The van der Waals surface area contributed by atoms with Crippen molar-refractivity contribution in [3.8, 4) is 0 Å². The van der Waals surface area contributed by atoms with Gasteiger partial charge in [-0.05, 0) is 62.2 Å². The summed E-state index contributed by atoms with van der Waals surface area (Å²) >= 11 is 0. The van der Waals surface area contributed by atoms with E-state index in [2.05, 4.69) is 0 Å². The number of hydrogen-bond donors (Lipinski definition) is 1. The predicted molar refractivity (Wildman–Crippen MR) is 409 cm³/mol. The molecule has 0 spiro atoms. The molecule has 111 heavy (non-hydrogen) atoms. The highest BCUT2D eigenvalue weighted by Gasteiger charge is 2.54. The summed E-state index contributed by atoms with van der Waals surface area (Å²) in [7, 11) is 1.20. The number of benzene rings is 10. The van der Waals surface area contributed by atoms with Gasteiger partial charge in [0, 0.05) is 6.07 Å². The lowest BCUT2D eigenvalue weighted by Gasteiger charge is -2.48. The third-order valence-electron chi connectivity index (χ3n) is 19.4. The Morgan fingerprint density at radius 3 is 0.946 bits per heavy atom. The van der Waals surface area contributed by atoms with Gasteiger partial charge in [0.05, 0.1) is 109 Å². The van der Waals surface area contributed by atoms with Crippen LogP contribution in [0.25, 0.3) is 0 Å². The molecular formula is C90H93NO20. The van der Waals surface area contributed by atoms with Crippen molar-refractivity contribution < 1.29 is 90.6 Å². The van der Waals surface area contributed by atoms with Crippen molar-refractivity contribution in [3.05, 3.63) is 362 Å². The summed E-state index contributed by atoms with van der Waals surface area (Å²) in [5.74, 6) is -0.750. The lowest BCUT2D eigenvalue weighted by molar-refractivity contribution is -0.386. The fourth-order valence-electron chi connectivity index (χ4n) is 13.6. The monoisotopic (exact) mass is 1510 g/mol. The molecule has 3 saturated heterocycles. The Morgan fingerprint density at radius 1 is 0.324 bits per heavy atom. The van der Waals surface area contributed by atoms with Gasteiger partial charge in [-0.15, -0.1) is 0 Å². The van der Waals surface area contributed by atoms with E-state index in [1.54, 1.807) is 0 Å². The van der Waals surface area contributed by atoms with Crippen molar-refractivity contribution in [2.45, 2.75) is 158 Å². The van der Waals surface area contributed by atoms with Crippen LogP contribution in [-0.4, -0.2) is 135 Å². The standard InChI is InChI=1S/C90H93NO20/c1-96-87(93)72-47-48-73(74(49-72)91(94)95)59-106-89-85(104-57-70-43-25-9-26-44-70)83(102-55-68-39-21-7-22-40-68)81(100-53-66-35-17-5-18-36-66)77(110-89)62-108-90-86(105-58-71-45-27-10-28-46-71)84(103-56-69-41-23-8-24-42-69)80(99-52-65-33-15-4-16-34-65)76(111-90)61-107-88-78(92)82(101-54-67-37-19-6-20-38-67)79(98-51-64-31-13-3-14-32-64)75(109-88)60-97-50-63-29-11-2-12-30-63/h2-49,75-86,88-90,92H,50-62H2,1H3/t75-,76-,77-,78+,79-,80-,81-,82-,83+,84+,85+,86+,88+,89+,90?/m1/s1. The number of hydrogen-bond acceptors (Lipinski definition) is 20. The maximum atomic E-state index is 12.9. The second-order valence-electron chi connectivity index (χ2n) is 27.3. The lowest BCUT2D eigenvalue weighted by atomic mass is 9.96. The number of rotatable bonds is 39. The minimum atomic E-state index is -1.46. The van der Waals surface area contributed by atoms with Crippen LogP contribution in [-0.2, 0) is 142 Å². The highest BCUT2D eigenvalue weighted by molar-refractivity contribution is 5.90. The van der Waals surface area contributed by atoms with Crippen LogP contribution in [0.5, 0.6) is 0 Å². The maximum absolute atomic E-state index is 12.9. The number of ether oxygens (including phenoxy) is 16. The summed E-state index contributed by atoms with van der Waals surface area (Å²) < 4.78 is 111. The van der Waals surface area contributed by atoms with Gasteiger partial charge < -0.3 is 80.9 Å². The van der Waals surface area contributed by atoms with E-state index >= 15 is 0 Å². The van der Waals surface area contributed by atoms with Crippen molar-refractivity contribution in [1.82, 2.24) is 0 Å². The minimum absolute atomic E-state index is 0.0209. The normalized spacial score (nSPS) is 23.9.